The van der Waals surface area contributed by atoms with E-state index in [0.29, 0.717) is 6.42 Å². The van der Waals surface area contributed by atoms with Gasteiger partial charge in [0.05, 0.1) is 6.42 Å². The van der Waals surface area contributed by atoms with Crippen molar-refractivity contribution in [1.82, 2.24) is 15.6 Å². The van der Waals surface area contributed by atoms with Crippen LogP contribution in [0.2, 0.25) is 0 Å². The quantitative estimate of drug-likeness (QED) is 0.438. The summed E-state index contributed by atoms with van der Waals surface area (Å²) in [6.07, 6.45) is -0.912. The molecule has 0 saturated heterocycles. The Labute approximate surface area is 203 Å². The maximum absolute atomic E-state index is 12.6. The zero-order chi connectivity index (χ0) is 24.8. The van der Waals surface area contributed by atoms with Crippen LogP contribution in [-0.4, -0.2) is 47.3 Å². The molecule has 8 nitrogen and oxygen atoms in total. The third-order valence-electron chi connectivity index (χ3n) is 5.96. The van der Waals surface area contributed by atoms with Crippen molar-refractivity contribution < 1.29 is 24.2 Å². The molecule has 2 amide bonds. The van der Waals surface area contributed by atoms with E-state index in [2.05, 4.69) is 15.6 Å². The summed E-state index contributed by atoms with van der Waals surface area (Å²) in [6, 6.07) is 20.3. The van der Waals surface area contributed by atoms with Gasteiger partial charge < -0.3 is 20.5 Å². The molecule has 1 heterocycles. The molecule has 1 aromatic heterocycles. The van der Waals surface area contributed by atoms with Gasteiger partial charge in [-0.1, -0.05) is 54.6 Å². The Morgan fingerprint density at radius 2 is 1.63 bits per heavy atom. The van der Waals surface area contributed by atoms with E-state index in [1.165, 1.54) is 0 Å². The van der Waals surface area contributed by atoms with Crippen molar-refractivity contribution in [2.75, 3.05) is 13.2 Å². The number of ether oxygens (including phenoxy) is 1. The maximum Gasteiger partial charge on any atom is 0.407 e. The van der Waals surface area contributed by atoms with Gasteiger partial charge in [0.15, 0.2) is 0 Å². The molecule has 0 radical (unpaired) electrons. The number of carbonyl (C=O) groups is 3. The Morgan fingerprint density at radius 3 is 2.26 bits per heavy atom. The summed E-state index contributed by atoms with van der Waals surface area (Å²) < 4.78 is 5.46. The number of aromatic nitrogens is 1. The predicted molar refractivity (Wildman–Crippen MR) is 130 cm³/mol. The lowest BCUT2D eigenvalue weighted by molar-refractivity contribution is -0.139. The van der Waals surface area contributed by atoms with Crippen LogP contribution in [0.3, 0.4) is 0 Å². The lowest BCUT2D eigenvalue weighted by Crippen LogP contribution is -2.48. The average Bonchev–Trinajstić information content (AvgIpc) is 3.16. The molecular formula is C27H27N3O5. The molecule has 1 unspecified atom stereocenters. The Bertz CT molecular complexity index is 1200. The number of pyridine rings is 1. The predicted octanol–water partition coefficient (Wildman–Crippen LogP) is 3.43. The number of benzene rings is 2. The fourth-order valence-electron chi connectivity index (χ4n) is 4.34. The molecule has 0 aliphatic heterocycles. The van der Waals surface area contributed by atoms with E-state index >= 15 is 0 Å². The standard InChI is InChI=1S/C27H27N3O5/c1-17-7-6-8-18(29-17)13-14-28-26(33)24(15-25(31)32)30-27(34)35-16-23-21-11-4-2-9-19(21)20-10-3-5-12-22(20)23/h2-12,23-24H,13-16H2,1H3,(H,28,33)(H,30,34)(H,31,32). The average molecular weight is 474 g/mol. The molecule has 180 valence electrons. The van der Waals surface area contributed by atoms with Gasteiger partial charge in [0.2, 0.25) is 5.91 Å². The summed E-state index contributed by atoms with van der Waals surface area (Å²) in [4.78, 5) is 40.8. The highest BCUT2D eigenvalue weighted by molar-refractivity contribution is 5.89. The molecule has 1 aliphatic carbocycles. The molecule has 8 heteroatoms. The fraction of sp³-hybridized carbons (Fsp3) is 0.259. The summed E-state index contributed by atoms with van der Waals surface area (Å²) in [5, 5.41) is 14.3. The van der Waals surface area contributed by atoms with E-state index in [1.54, 1.807) is 0 Å². The second-order valence-electron chi connectivity index (χ2n) is 8.43. The molecule has 0 spiro atoms. The van der Waals surface area contributed by atoms with E-state index < -0.39 is 30.4 Å². The van der Waals surface area contributed by atoms with Crippen molar-refractivity contribution in [3.8, 4) is 11.1 Å². The van der Waals surface area contributed by atoms with Crippen LogP contribution in [0.1, 0.15) is 34.9 Å². The largest absolute Gasteiger partial charge is 0.481 e. The maximum atomic E-state index is 12.6. The van der Waals surface area contributed by atoms with Crippen LogP contribution in [0, 0.1) is 6.92 Å². The summed E-state index contributed by atoms with van der Waals surface area (Å²) in [5.74, 6) is -1.93. The third-order valence-corrected chi connectivity index (χ3v) is 5.96. The lowest BCUT2D eigenvalue weighted by atomic mass is 9.98. The number of hydrogen-bond donors (Lipinski definition) is 3. The minimum absolute atomic E-state index is 0.0697. The first-order valence-corrected chi connectivity index (χ1v) is 11.5. The van der Waals surface area contributed by atoms with E-state index in [0.717, 1.165) is 33.6 Å². The van der Waals surface area contributed by atoms with Crippen LogP contribution >= 0.6 is 0 Å². The molecule has 3 N–H and O–H groups in total. The molecule has 4 rings (SSSR count). The van der Waals surface area contributed by atoms with Crippen LogP contribution < -0.4 is 10.6 Å². The van der Waals surface area contributed by atoms with Crippen LogP contribution in [0.15, 0.2) is 66.7 Å². The van der Waals surface area contributed by atoms with Gasteiger partial charge in [0.1, 0.15) is 12.6 Å². The summed E-state index contributed by atoms with van der Waals surface area (Å²) in [5.41, 5.74) is 6.00. The van der Waals surface area contributed by atoms with E-state index in [4.69, 9.17) is 4.74 Å². The Kier molecular flexibility index (Phi) is 7.40. The number of nitrogens with one attached hydrogen (secondary N) is 2. The molecule has 1 aliphatic rings. The van der Waals surface area contributed by atoms with Crippen LogP contribution in [0.5, 0.6) is 0 Å². The first-order valence-electron chi connectivity index (χ1n) is 11.5. The first-order chi connectivity index (χ1) is 16.9. The second kappa shape index (κ2) is 10.8. The molecular weight excluding hydrogens is 446 g/mol. The number of amides is 2. The van der Waals surface area contributed by atoms with Crippen molar-refractivity contribution in [1.29, 1.82) is 0 Å². The number of carbonyl (C=O) groups excluding carboxylic acids is 2. The van der Waals surface area contributed by atoms with Crippen LogP contribution in [0.4, 0.5) is 4.79 Å². The zero-order valence-corrected chi connectivity index (χ0v) is 19.4. The minimum atomic E-state index is -1.26. The van der Waals surface area contributed by atoms with Crippen LogP contribution in [-0.2, 0) is 20.7 Å². The highest BCUT2D eigenvalue weighted by Crippen LogP contribution is 2.44. The van der Waals surface area contributed by atoms with Crippen molar-refractivity contribution in [3.63, 3.8) is 0 Å². The van der Waals surface area contributed by atoms with Gasteiger partial charge in [-0.3, -0.25) is 14.6 Å². The SMILES string of the molecule is Cc1cccc(CCNC(=O)C(CC(=O)O)NC(=O)OCC2c3ccccc3-c3ccccc32)n1. The number of hydrogen-bond acceptors (Lipinski definition) is 5. The van der Waals surface area contributed by atoms with Gasteiger partial charge in [0.25, 0.3) is 0 Å². The number of carboxylic acids is 1. The Hall–Kier alpha value is -4.20. The van der Waals surface area contributed by atoms with Gasteiger partial charge in [0, 0.05) is 30.3 Å². The van der Waals surface area contributed by atoms with Crippen molar-refractivity contribution >= 4 is 18.0 Å². The smallest absolute Gasteiger partial charge is 0.407 e. The van der Waals surface area contributed by atoms with Gasteiger partial charge in [-0.05, 0) is 41.3 Å². The number of aliphatic carboxylic acids is 1. The highest BCUT2D eigenvalue weighted by Gasteiger charge is 2.30. The minimum Gasteiger partial charge on any atom is -0.481 e. The highest BCUT2D eigenvalue weighted by atomic mass is 16.5. The number of alkyl carbamates (subject to hydrolysis) is 1. The fourth-order valence-corrected chi connectivity index (χ4v) is 4.34. The van der Waals surface area contributed by atoms with Gasteiger partial charge in [-0.15, -0.1) is 0 Å². The molecule has 35 heavy (non-hydrogen) atoms. The molecule has 1 atom stereocenters. The number of carboxylic acid groups (broad SMARTS) is 1. The topological polar surface area (TPSA) is 118 Å². The number of aryl methyl sites for hydroxylation is 1. The zero-order valence-electron chi connectivity index (χ0n) is 19.4. The molecule has 0 bridgehead atoms. The normalized spacial score (nSPS) is 12.8. The molecule has 2 aromatic carbocycles. The lowest BCUT2D eigenvalue weighted by Gasteiger charge is -2.18. The Morgan fingerprint density at radius 1 is 0.971 bits per heavy atom. The number of nitrogens with zero attached hydrogens (tertiary/aromatic N) is 1. The molecule has 0 fully saturated rings. The first kappa shape index (κ1) is 23.9. The van der Waals surface area contributed by atoms with Crippen LogP contribution in [0.25, 0.3) is 11.1 Å². The second-order valence-corrected chi connectivity index (χ2v) is 8.43. The molecule has 3 aromatic rings. The van der Waals surface area contributed by atoms with Gasteiger partial charge in [-0.2, -0.15) is 0 Å². The van der Waals surface area contributed by atoms with E-state index in [-0.39, 0.29) is 19.1 Å². The summed E-state index contributed by atoms with van der Waals surface area (Å²) >= 11 is 0. The van der Waals surface area contributed by atoms with E-state index in [1.807, 2.05) is 73.7 Å². The van der Waals surface area contributed by atoms with E-state index in [9.17, 15) is 19.5 Å². The monoisotopic (exact) mass is 473 g/mol. The Balaban J connectivity index is 1.35. The van der Waals surface area contributed by atoms with Gasteiger partial charge >= 0.3 is 12.1 Å². The van der Waals surface area contributed by atoms with Gasteiger partial charge in [-0.25, -0.2) is 4.79 Å². The number of fused-ring (bicyclic) bond motifs is 3. The van der Waals surface area contributed by atoms with Crippen molar-refractivity contribution in [2.24, 2.45) is 0 Å². The molecule has 0 saturated carbocycles. The summed E-state index contributed by atoms with van der Waals surface area (Å²) in [6.45, 7) is 2.21. The summed E-state index contributed by atoms with van der Waals surface area (Å²) in [7, 11) is 0. The van der Waals surface area contributed by atoms with Crippen molar-refractivity contribution in [2.45, 2.75) is 31.7 Å². The van der Waals surface area contributed by atoms with Crippen molar-refractivity contribution in [3.05, 3.63) is 89.2 Å². The number of rotatable bonds is 9. The third kappa shape index (κ3) is 5.84.